The minimum Gasteiger partial charge on any atom is -0.480 e. The average molecular weight is 1210 g/mol. The van der Waals surface area contributed by atoms with E-state index in [1.165, 1.54) is 18.7 Å². The highest BCUT2D eigenvalue weighted by Crippen LogP contribution is 2.23. The van der Waals surface area contributed by atoms with Crippen LogP contribution in [0.5, 0.6) is 0 Å². The molecule has 0 bridgehead atoms. The molecule has 1 aromatic heterocycles. The molecule has 2 heterocycles. The fraction of sp³-hybridized carbons (Fsp3) is 0.655. The molecule has 0 unspecified atom stereocenters. The normalized spacial score (nSPS) is 17.1. The number of nitrogens with one attached hydrogen (secondary N) is 9. The van der Waals surface area contributed by atoms with Crippen molar-refractivity contribution < 1.29 is 63.0 Å². The fourth-order valence-corrected chi connectivity index (χ4v) is 9.81. The molecule has 2 aromatic rings. The molecule has 1 saturated heterocycles. The summed E-state index contributed by atoms with van der Waals surface area (Å²) < 4.78 is 0. The Morgan fingerprint density at radius 2 is 1.14 bits per heavy atom. The number of carbonyl (C=O) groups is 11. The number of aliphatic carboxylic acids is 1. The van der Waals surface area contributed by atoms with Crippen molar-refractivity contribution in [3.63, 3.8) is 0 Å². The molecule has 1 aromatic carbocycles. The zero-order chi connectivity index (χ0) is 64.7. The van der Waals surface area contributed by atoms with E-state index in [0.29, 0.717) is 24.8 Å². The van der Waals surface area contributed by atoms with Crippen LogP contribution in [0.4, 0.5) is 0 Å². The predicted octanol–water partition coefficient (Wildman–Crippen LogP) is -1.10. The number of aliphatic hydroxyl groups is 1. The highest BCUT2D eigenvalue weighted by Gasteiger charge is 2.40. The molecular weight excluding hydrogens is 1110 g/mol. The number of aliphatic hydroxyl groups excluding tert-OH is 1. The lowest BCUT2D eigenvalue weighted by molar-refractivity contribution is -0.142. The SMILES string of the molecule is CC[C@H](C)[C@H](N)C(=O)N1CCC[C@H]1C(=O)N[C@@H](Cc1c[nH]c2ccccc12)C(=O)N[C@@H](CCC(N)=O)C(=O)N[C@@H](CCCN=C(N)N)C(=O)N[C@@H](CC(C)C)C(=O)N[C@@H](CC(C)C)C(=O)N[C@@H](CC(C)C)C(=O)N[C@H](C(=O)N[C@@H](C)C(=O)O)[C@@H](C)O. The van der Waals surface area contributed by atoms with Gasteiger partial charge in [0.25, 0.3) is 0 Å². The summed E-state index contributed by atoms with van der Waals surface area (Å²) in [6.07, 6.45) is 0.824. The van der Waals surface area contributed by atoms with Gasteiger partial charge in [-0.05, 0) is 101 Å². The molecule has 86 heavy (non-hydrogen) atoms. The predicted molar refractivity (Wildman–Crippen MR) is 321 cm³/mol. The van der Waals surface area contributed by atoms with Crippen molar-refractivity contribution in [1.29, 1.82) is 0 Å². The molecule has 28 heteroatoms. The summed E-state index contributed by atoms with van der Waals surface area (Å²) in [7, 11) is 0. The molecule has 1 aliphatic rings. The van der Waals surface area contributed by atoms with E-state index in [2.05, 4.69) is 52.5 Å². The van der Waals surface area contributed by atoms with Gasteiger partial charge < -0.3 is 85.6 Å². The van der Waals surface area contributed by atoms with E-state index >= 15 is 0 Å². The van der Waals surface area contributed by atoms with Gasteiger partial charge in [0, 0.05) is 43.0 Å². The van der Waals surface area contributed by atoms with Gasteiger partial charge in [0.05, 0.1) is 12.1 Å². The lowest BCUT2D eigenvalue weighted by Gasteiger charge is -2.30. The molecule has 480 valence electrons. The van der Waals surface area contributed by atoms with Crippen molar-refractivity contribution in [3.05, 3.63) is 36.0 Å². The standard InChI is InChI=1S/C58H95N15O13/c1-11-32(8)46(60)56(84)73-23-15-19-44(73)54(82)71-43(27-35-28-64-37-17-13-12-16-36(35)37)52(80)67-39(20-21-45(59)75)49(77)66-38(18-14-22-63-58(61)62)48(76)68-40(24-29(2)3)50(78)69-41(25-30(4)5)51(79)70-42(26-31(6)7)53(81)72-47(34(10)74)55(83)65-33(9)57(85)86/h12-13,16-17,28-34,38-44,46-47,64,74H,11,14-15,18-27,60H2,1-10H3,(H2,59,75)(H,65,83)(H,66,77)(H,67,80)(H,68,76)(H,69,78)(H,70,79)(H,71,82)(H,72,81)(H,85,86)(H4,61,62,63)/t32-,33-,34+,38-,39-,40-,41-,42-,43-,44-,46-,47-/m0/s1. The number of guanidine groups is 1. The van der Waals surface area contributed by atoms with E-state index in [-0.39, 0.29) is 87.7 Å². The topological polar surface area (TPSA) is 460 Å². The molecule has 19 N–H and O–H groups in total. The lowest BCUT2D eigenvalue weighted by Crippen LogP contribution is -2.61. The van der Waals surface area contributed by atoms with Crippen molar-refractivity contribution in [2.75, 3.05) is 13.1 Å². The average Bonchev–Trinajstić information content (AvgIpc) is 3.51. The van der Waals surface area contributed by atoms with Crippen LogP contribution in [0.3, 0.4) is 0 Å². The minimum atomic E-state index is -1.61. The first-order chi connectivity index (χ1) is 40.3. The largest absolute Gasteiger partial charge is 0.480 e. The van der Waals surface area contributed by atoms with Gasteiger partial charge in [-0.15, -0.1) is 0 Å². The highest BCUT2D eigenvalue weighted by atomic mass is 16.4. The zero-order valence-electron chi connectivity index (χ0n) is 51.3. The van der Waals surface area contributed by atoms with Crippen LogP contribution in [0, 0.1) is 23.7 Å². The molecule has 1 aliphatic heterocycles. The first kappa shape index (κ1) is 72.4. The number of aromatic amines is 1. The van der Waals surface area contributed by atoms with Gasteiger partial charge in [-0.2, -0.15) is 0 Å². The van der Waals surface area contributed by atoms with E-state index in [4.69, 9.17) is 22.9 Å². The number of para-hydroxylation sites is 1. The Hall–Kier alpha value is -7.88. The molecule has 0 radical (unpaired) electrons. The molecule has 0 spiro atoms. The smallest absolute Gasteiger partial charge is 0.325 e. The maximum Gasteiger partial charge on any atom is 0.325 e. The van der Waals surface area contributed by atoms with Crippen LogP contribution in [0.25, 0.3) is 10.9 Å². The van der Waals surface area contributed by atoms with Crippen LogP contribution in [0.15, 0.2) is 35.5 Å². The summed E-state index contributed by atoms with van der Waals surface area (Å²) in [6, 6.07) is -5.83. The van der Waals surface area contributed by atoms with Crippen molar-refractivity contribution in [2.24, 2.45) is 51.6 Å². The summed E-state index contributed by atoms with van der Waals surface area (Å²) >= 11 is 0. The first-order valence-corrected chi connectivity index (χ1v) is 29.6. The second kappa shape index (κ2) is 34.9. The van der Waals surface area contributed by atoms with Crippen molar-refractivity contribution >= 4 is 81.9 Å². The van der Waals surface area contributed by atoms with Gasteiger partial charge in [0.2, 0.25) is 59.1 Å². The summed E-state index contributed by atoms with van der Waals surface area (Å²) in [4.78, 5) is 159. The number of nitrogens with two attached hydrogens (primary N) is 4. The third kappa shape index (κ3) is 23.2. The lowest BCUT2D eigenvalue weighted by atomic mass is 9.98. The number of carboxylic acid groups (broad SMARTS) is 1. The molecular formula is C58H95N15O13. The van der Waals surface area contributed by atoms with Crippen LogP contribution in [0.2, 0.25) is 0 Å². The fourth-order valence-electron chi connectivity index (χ4n) is 9.81. The van der Waals surface area contributed by atoms with Crippen molar-refractivity contribution in [1.82, 2.24) is 52.4 Å². The Balaban J connectivity index is 1.98. The highest BCUT2D eigenvalue weighted by molar-refractivity contribution is 5.99. The molecule has 0 saturated carbocycles. The number of carbonyl (C=O) groups excluding carboxylic acids is 10. The van der Waals surface area contributed by atoms with Crippen molar-refractivity contribution in [3.8, 4) is 0 Å². The number of primary amides is 1. The van der Waals surface area contributed by atoms with Crippen LogP contribution in [-0.4, -0.2) is 171 Å². The Morgan fingerprint density at radius 3 is 1.63 bits per heavy atom. The number of aliphatic imine (C=N–C) groups is 1. The van der Waals surface area contributed by atoms with Crippen LogP contribution >= 0.6 is 0 Å². The van der Waals surface area contributed by atoms with E-state index in [1.54, 1.807) is 53.8 Å². The zero-order valence-corrected chi connectivity index (χ0v) is 51.3. The third-order valence-corrected chi connectivity index (χ3v) is 14.8. The third-order valence-electron chi connectivity index (χ3n) is 14.8. The summed E-state index contributed by atoms with van der Waals surface area (Å²) in [6.45, 7) is 17.1. The summed E-state index contributed by atoms with van der Waals surface area (Å²) in [5.74, 6) is -10.4. The molecule has 28 nitrogen and oxygen atoms in total. The van der Waals surface area contributed by atoms with Gasteiger partial charge in [-0.25, -0.2) is 0 Å². The number of fused-ring (bicyclic) bond motifs is 1. The van der Waals surface area contributed by atoms with Gasteiger partial charge in [-0.1, -0.05) is 80.0 Å². The second-order valence-corrected chi connectivity index (χ2v) is 23.7. The number of amides is 10. The molecule has 0 aliphatic carbocycles. The Morgan fingerprint density at radius 1 is 0.651 bits per heavy atom. The van der Waals surface area contributed by atoms with E-state index in [1.807, 2.05) is 32.0 Å². The number of aromatic nitrogens is 1. The maximum atomic E-state index is 14.7. The van der Waals surface area contributed by atoms with Crippen LogP contribution < -0.4 is 65.5 Å². The maximum absolute atomic E-state index is 14.7. The molecule has 3 rings (SSSR count). The van der Waals surface area contributed by atoms with Gasteiger partial charge in [-0.3, -0.25) is 57.7 Å². The summed E-state index contributed by atoms with van der Waals surface area (Å²) in [5.41, 5.74) is 24.4. The number of likely N-dealkylation sites (tertiary alicyclic amines) is 1. The molecule has 10 amide bonds. The molecule has 12 atom stereocenters. The number of hydrogen-bond donors (Lipinski definition) is 15. The number of nitrogens with zero attached hydrogens (tertiary/aromatic N) is 2. The van der Waals surface area contributed by atoms with Crippen molar-refractivity contribution in [2.45, 2.75) is 206 Å². The number of rotatable bonds is 36. The second-order valence-electron chi connectivity index (χ2n) is 23.7. The Labute approximate surface area is 502 Å². The number of hydrogen-bond acceptors (Lipinski definition) is 14. The molecule has 1 fully saturated rings. The number of H-pyrrole nitrogens is 1. The first-order valence-electron chi connectivity index (χ1n) is 29.6. The Kier molecular flexibility index (Phi) is 29.4. The van der Waals surface area contributed by atoms with E-state index in [0.717, 1.165) is 10.9 Å². The van der Waals surface area contributed by atoms with Gasteiger partial charge >= 0.3 is 5.97 Å². The van der Waals surface area contributed by atoms with Gasteiger partial charge in [0.1, 0.15) is 54.4 Å². The van der Waals surface area contributed by atoms with E-state index < -0.39 is 138 Å². The number of carboxylic acids is 1. The summed E-state index contributed by atoms with van der Waals surface area (Å²) in [5, 5.41) is 41.4. The van der Waals surface area contributed by atoms with Crippen LogP contribution in [0.1, 0.15) is 139 Å². The monoisotopic (exact) mass is 1210 g/mol. The van der Waals surface area contributed by atoms with E-state index in [9.17, 15) is 63.0 Å². The minimum absolute atomic E-state index is 0.00115. The quantitative estimate of drug-likeness (QED) is 0.0219. The van der Waals surface area contributed by atoms with Crippen LogP contribution in [-0.2, 0) is 59.2 Å². The van der Waals surface area contributed by atoms with Gasteiger partial charge in [0.15, 0.2) is 5.96 Å². The number of benzene rings is 1. The Bertz CT molecular complexity index is 2690.